The van der Waals surface area contributed by atoms with Gasteiger partial charge in [-0.05, 0) is 29.5 Å². The molecule has 1 aliphatic carbocycles. The van der Waals surface area contributed by atoms with E-state index in [-0.39, 0.29) is 23.1 Å². The number of H-pyrrole nitrogens is 1. The van der Waals surface area contributed by atoms with Gasteiger partial charge in [0.2, 0.25) is 0 Å². The first-order valence-electron chi connectivity index (χ1n) is 12.8. The van der Waals surface area contributed by atoms with Gasteiger partial charge in [-0.25, -0.2) is 9.78 Å². The van der Waals surface area contributed by atoms with Crippen molar-refractivity contribution in [2.24, 2.45) is 25.2 Å². The van der Waals surface area contributed by atoms with Crippen LogP contribution in [-0.4, -0.2) is 42.9 Å². The fourth-order valence-corrected chi connectivity index (χ4v) is 5.56. The van der Waals surface area contributed by atoms with Crippen LogP contribution >= 0.6 is 0 Å². The second kappa shape index (κ2) is 9.23. The summed E-state index contributed by atoms with van der Waals surface area (Å²) >= 11 is 0. The van der Waals surface area contributed by atoms with Gasteiger partial charge >= 0.3 is 17.5 Å². The van der Waals surface area contributed by atoms with Crippen molar-refractivity contribution in [1.29, 1.82) is 0 Å². The molecule has 2 unspecified atom stereocenters. The summed E-state index contributed by atoms with van der Waals surface area (Å²) in [5.74, 6) is -0.130. The third kappa shape index (κ3) is 4.84. The van der Waals surface area contributed by atoms with Gasteiger partial charge in [0.15, 0.2) is 5.69 Å². The van der Waals surface area contributed by atoms with E-state index >= 15 is 0 Å². The Hall–Kier alpha value is -3.18. The number of aromatic nitrogens is 5. The van der Waals surface area contributed by atoms with Gasteiger partial charge in [-0.2, -0.15) is 22.8 Å². The van der Waals surface area contributed by atoms with E-state index in [9.17, 15) is 18.0 Å². The van der Waals surface area contributed by atoms with E-state index in [2.05, 4.69) is 41.8 Å². The first kappa shape index (κ1) is 26.4. The first-order chi connectivity index (χ1) is 17.7. The molecule has 8 nitrogen and oxygen atoms in total. The van der Waals surface area contributed by atoms with Gasteiger partial charge in [0.1, 0.15) is 11.2 Å². The van der Waals surface area contributed by atoms with Crippen LogP contribution in [0.5, 0.6) is 0 Å². The number of alkyl halides is 3. The maximum absolute atomic E-state index is 13.4. The fraction of sp³-hybridized carbons (Fsp3) is 0.519. The third-order valence-corrected chi connectivity index (χ3v) is 7.40. The molecule has 0 saturated heterocycles. The Labute approximate surface area is 219 Å². The van der Waals surface area contributed by atoms with Crippen LogP contribution in [0, 0.1) is 5.41 Å². The minimum Gasteiger partial charge on any atom is -0.324 e. The zero-order valence-corrected chi connectivity index (χ0v) is 22.4. The number of hydrogen-bond acceptors (Lipinski definition) is 4. The summed E-state index contributed by atoms with van der Waals surface area (Å²) in [4.78, 5) is 18.5. The molecule has 2 atom stereocenters. The van der Waals surface area contributed by atoms with Gasteiger partial charge in [0, 0.05) is 44.8 Å². The predicted molar refractivity (Wildman–Crippen MR) is 138 cm³/mol. The minimum atomic E-state index is -4.44. The van der Waals surface area contributed by atoms with Crippen molar-refractivity contribution in [3.63, 3.8) is 0 Å². The SMILES string of the molecule is Cn1nc(C(F)(F)F)c2c1CN(CC1=CC(c3ccc4c([nH+]3)n(C)c(=O)n4CC(C)(C)C)C(N)C=C1)CC2. The Morgan fingerprint density at radius 3 is 2.61 bits per heavy atom. The molecule has 2 aliphatic rings. The largest absolute Gasteiger partial charge is 0.435 e. The molecule has 204 valence electrons. The maximum atomic E-state index is 13.4. The van der Waals surface area contributed by atoms with Crippen LogP contribution in [0.4, 0.5) is 13.2 Å². The molecule has 0 saturated carbocycles. The summed E-state index contributed by atoms with van der Waals surface area (Å²) in [5, 5.41) is 3.76. The van der Waals surface area contributed by atoms with E-state index in [0.717, 1.165) is 22.4 Å². The lowest BCUT2D eigenvalue weighted by atomic mass is 9.88. The molecule has 0 aromatic carbocycles. The summed E-state index contributed by atoms with van der Waals surface area (Å²) in [7, 11) is 3.33. The molecule has 0 amide bonds. The van der Waals surface area contributed by atoms with Crippen LogP contribution < -0.4 is 16.4 Å². The average Bonchev–Trinajstić information content (AvgIpc) is 3.29. The van der Waals surface area contributed by atoms with Crippen LogP contribution in [0.3, 0.4) is 0 Å². The molecule has 0 spiro atoms. The Morgan fingerprint density at radius 1 is 1.18 bits per heavy atom. The number of pyridine rings is 1. The highest BCUT2D eigenvalue weighted by Gasteiger charge is 2.40. The number of nitrogens with zero attached hydrogens (tertiary/aromatic N) is 5. The van der Waals surface area contributed by atoms with Gasteiger partial charge in [-0.1, -0.05) is 39.0 Å². The molecule has 11 heteroatoms. The monoisotopic (exact) mass is 530 g/mol. The lowest BCUT2D eigenvalue weighted by Gasteiger charge is -2.30. The van der Waals surface area contributed by atoms with Crippen molar-refractivity contribution in [3.8, 4) is 0 Å². The molecule has 3 N–H and O–H groups in total. The van der Waals surface area contributed by atoms with E-state index in [1.807, 2.05) is 24.3 Å². The van der Waals surface area contributed by atoms with Crippen molar-refractivity contribution < 1.29 is 18.2 Å². The number of rotatable bonds is 4. The van der Waals surface area contributed by atoms with Crippen molar-refractivity contribution >= 4 is 11.2 Å². The van der Waals surface area contributed by atoms with E-state index < -0.39 is 11.9 Å². The molecule has 1 aliphatic heterocycles. The van der Waals surface area contributed by atoms with E-state index in [1.165, 1.54) is 4.68 Å². The van der Waals surface area contributed by atoms with Gasteiger partial charge in [0.25, 0.3) is 0 Å². The topological polar surface area (TPSA) is 88.2 Å². The molecule has 4 heterocycles. The number of aryl methyl sites for hydroxylation is 2. The van der Waals surface area contributed by atoms with E-state index in [0.29, 0.717) is 43.9 Å². The van der Waals surface area contributed by atoms with Crippen molar-refractivity contribution in [2.75, 3.05) is 13.1 Å². The fourth-order valence-electron chi connectivity index (χ4n) is 5.56. The number of nitrogens with two attached hydrogens (primary N) is 1. The van der Waals surface area contributed by atoms with Crippen molar-refractivity contribution in [3.05, 3.63) is 69.1 Å². The highest BCUT2D eigenvalue weighted by Crippen LogP contribution is 2.35. The Morgan fingerprint density at radius 2 is 1.92 bits per heavy atom. The zero-order valence-electron chi connectivity index (χ0n) is 22.4. The van der Waals surface area contributed by atoms with Gasteiger partial charge in [-0.15, -0.1) is 0 Å². The van der Waals surface area contributed by atoms with Crippen LogP contribution in [0.2, 0.25) is 0 Å². The molecular formula is C27H35F3N7O+. The second-order valence-corrected chi connectivity index (χ2v) is 11.7. The Kier molecular flexibility index (Phi) is 6.42. The number of imidazole rings is 1. The summed E-state index contributed by atoms with van der Waals surface area (Å²) in [6, 6.07) is 3.71. The molecule has 3 aromatic rings. The molecule has 5 rings (SSSR count). The van der Waals surface area contributed by atoms with Gasteiger partial charge in [0.05, 0.1) is 18.7 Å². The zero-order chi connectivity index (χ0) is 27.6. The lowest BCUT2D eigenvalue weighted by Crippen LogP contribution is -2.35. The number of hydrogen-bond donors (Lipinski definition) is 1. The minimum absolute atomic E-state index is 0.0516. The number of nitrogens with one attached hydrogen (secondary N) is 1. The summed E-state index contributed by atoms with van der Waals surface area (Å²) in [6.45, 7) is 8.41. The lowest BCUT2D eigenvalue weighted by molar-refractivity contribution is -0.364. The number of fused-ring (bicyclic) bond motifs is 2. The predicted octanol–water partition coefficient (Wildman–Crippen LogP) is 2.92. The summed E-state index contributed by atoms with van der Waals surface area (Å²) in [5.41, 5.74) is 10.0. The third-order valence-electron chi connectivity index (χ3n) is 7.40. The summed E-state index contributed by atoms with van der Waals surface area (Å²) < 4.78 is 44.9. The van der Waals surface area contributed by atoms with Gasteiger partial charge < -0.3 is 5.73 Å². The van der Waals surface area contributed by atoms with Crippen LogP contribution in [-0.2, 0) is 39.8 Å². The average molecular weight is 531 g/mol. The molecule has 0 fully saturated rings. The number of halogens is 3. The quantitative estimate of drug-likeness (QED) is 0.562. The molecular weight excluding hydrogens is 495 g/mol. The standard InChI is InChI=1S/C27H34F3N7O/c1-26(2,3)15-37-21-9-8-20(32-24(21)34(4)25(37)38)18-12-16(6-7-19(18)31)13-36-11-10-17-22(14-36)35(5)33-23(17)27(28,29)30/h6-9,12,18-19H,10-11,13-15,31H2,1-5H3/p+1. The van der Waals surface area contributed by atoms with Crippen molar-refractivity contribution in [2.45, 2.75) is 58.4 Å². The van der Waals surface area contributed by atoms with Crippen LogP contribution in [0.25, 0.3) is 11.2 Å². The highest BCUT2D eigenvalue weighted by atomic mass is 19.4. The molecule has 0 radical (unpaired) electrons. The van der Waals surface area contributed by atoms with E-state index in [4.69, 9.17) is 5.73 Å². The summed E-state index contributed by atoms with van der Waals surface area (Å²) in [6.07, 6.45) is 1.94. The molecule has 0 bridgehead atoms. The smallest absolute Gasteiger partial charge is 0.324 e. The van der Waals surface area contributed by atoms with Crippen LogP contribution in [0.1, 0.15) is 49.3 Å². The molecule has 38 heavy (non-hydrogen) atoms. The molecule has 3 aromatic heterocycles. The van der Waals surface area contributed by atoms with Gasteiger partial charge in [-0.3, -0.25) is 14.1 Å². The highest BCUT2D eigenvalue weighted by molar-refractivity contribution is 5.68. The Balaban J connectivity index is 1.39. The normalized spacial score (nSPS) is 20.7. The van der Waals surface area contributed by atoms with Crippen LogP contribution in [0.15, 0.2) is 40.7 Å². The second-order valence-electron chi connectivity index (χ2n) is 11.7. The van der Waals surface area contributed by atoms with E-state index in [1.54, 1.807) is 23.2 Å². The first-order valence-corrected chi connectivity index (χ1v) is 12.8. The maximum Gasteiger partial charge on any atom is 0.435 e. The van der Waals surface area contributed by atoms with Crippen molar-refractivity contribution in [1.82, 2.24) is 23.8 Å². The number of aromatic amines is 1. The Bertz CT molecular complexity index is 1500.